The maximum Gasteiger partial charge on any atom is 0.287 e. The Hall–Kier alpha value is -1.72. The summed E-state index contributed by atoms with van der Waals surface area (Å²) in [7, 11) is 0. The second-order valence-electron chi connectivity index (χ2n) is 4.10. The summed E-state index contributed by atoms with van der Waals surface area (Å²) in [6.45, 7) is 5.24. The topological polar surface area (TPSA) is 74.8 Å². The minimum atomic E-state index is -1.17. The molecule has 5 nitrogen and oxygen atoms in total. The summed E-state index contributed by atoms with van der Waals surface area (Å²) in [5.41, 5.74) is -1.95. The van der Waals surface area contributed by atoms with E-state index in [0.29, 0.717) is 0 Å². The van der Waals surface area contributed by atoms with E-state index >= 15 is 0 Å². The van der Waals surface area contributed by atoms with Crippen molar-refractivity contribution in [3.63, 3.8) is 0 Å². The van der Waals surface area contributed by atoms with Gasteiger partial charge in [-0.15, -0.1) is 0 Å². The lowest BCUT2D eigenvalue weighted by atomic mass is 10.1. The molecular weight excluding hydrogens is 201 g/mol. The molecule has 1 aromatic heterocycles. The highest BCUT2D eigenvalue weighted by Crippen LogP contribution is 2.03. The highest BCUT2D eigenvalue weighted by molar-refractivity contribution is 5.92. The van der Waals surface area contributed by atoms with Crippen LogP contribution in [0.25, 0.3) is 0 Å². The maximum atomic E-state index is 13.2. The third kappa shape index (κ3) is 2.87. The third-order valence-electron chi connectivity index (χ3n) is 1.50. The summed E-state index contributed by atoms with van der Waals surface area (Å²) in [6, 6.07) is 0. The van der Waals surface area contributed by atoms with E-state index in [-0.39, 0.29) is 0 Å². The van der Waals surface area contributed by atoms with Gasteiger partial charge in [0.25, 0.3) is 11.5 Å². The molecule has 1 aromatic rings. The van der Waals surface area contributed by atoms with Crippen molar-refractivity contribution in [1.82, 2.24) is 15.3 Å². The predicted molar refractivity (Wildman–Crippen MR) is 52.0 cm³/mol. The number of hydrogen-bond donors (Lipinski definition) is 2. The van der Waals surface area contributed by atoms with Crippen LogP contribution in [0.4, 0.5) is 4.39 Å². The molecule has 1 amide bonds. The Kier molecular flexibility index (Phi) is 2.88. The van der Waals surface area contributed by atoms with Crippen LogP contribution < -0.4 is 10.9 Å². The monoisotopic (exact) mass is 213 g/mol. The molecule has 1 rings (SSSR count). The van der Waals surface area contributed by atoms with Gasteiger partial charge in [-0.1, -0.05) is 0 Å². The van der Waals surface area contributed by atoms with E-state index in [1.54, 1.807) is 20.8 Å². The zero-order chi connectivity index (χ0) is 11.6. The largest absolute Gasteiger partial charge is 0.346 e. The van der Waals surface area contributed by atoms with Crippen molar-refractivity contribution in [2.75, 3.05) is 0 Å². The summed E-state index contributed by atoms with van der Waals surface area (Å²) < 4.78 is 13.2. The van der Waals surface area contributed by atoms with E-state index < -0.39 is 28.5 Å². The normalized spacial score (nSPS) is 11.2. The number of aromatic amines is 1. The first-order valence-corrected chi connectivity index (χ1v) is 4.37. The van der Waals surface area contributed by atoms with Gasteiger partial charge < -0.3 is 10.3 Å². The van der Waals surface area contributed by atoms with Crippen LogP contribution in [0, 0.1) is 5.82 Å². The molecule has 0 saturated heterocycles. The number of nitrogens with zero attached hydrogens (tertiary/aromatic N) is 1. The quantitative estimate of drug-likeness (QED) is 0.710. The average Bonchev–Trinajstić information content (AvgIpc) is 2.06. The van der Waals surface area contributed by atoms with Crippen LogP contribution in [0.3, 0.4) is 0 Å². The molecule has 0 fully saturated rings. The number of halogens is 1. The van der Waals surface area contributed by atoms with Gasteiger partial charge in [-0.2, -0.15) is 4.39 Å². The Bertz CT molecular complexity index is 434. The molecule has 82 valence electrons. The zero-order valence-electron chi connectivity index (χ0n) is 8.72. The predicted octanol–water partition coefficient (Wildman–Crippen LogP) is 0.437. The van der Waals surface area contributed by atoms with Crippen LogP contribution in [0.5, 0.6) is 0 Å². The Morgan fingerprint density at radius 2 is 2.13 bits per heavy atom. The second kappa shape index (κ2) is 3.80. The lowest BCUT2D eigenvalue weighted by Crippen LogP contribution is -2.42. The zero-order valence-corrected chi connectivity index (χ0v) is 8.72. The summed E-state index contributed by atoms with van der Waals surface area (Å²) in [5, 5.41) is 2.51. The summed E-state index contributed by atoms with van der Waals surface area (Å²) in [6.07, 6.45) is 0.989. The van der Waals surface area contributed by atoms with Gasteiger partial charge in [-0.05, 0) is 20.8 Å². The second-order valence-corrected chi connectivity index (χ2v) is 4.10. The molecule has 2 N–H and O–H groups in total. The van der Waals surface area contributed by atoms with Crippen LogP contribution in [-0.4, -0.2) is 21.4 Å². The van der Waals surface area contributed by atoms with Crippen LogP contribution in [0.1, 0.15) is 31.3 Å². The van der Waals surface area contributed by atoms with E-state index in [1.165, 1.54) is 0 Å². The Morgan fingerprint density at radius 3 is 2.67 bits per heavy atom. The van der Waals surface area contributed by atoms with Gasteiger partial charge in [0.05, 0.1) is 6.33 Å². The molecule has 0 aliphatic heterocycles. The first-order valence-electron chi connectivity index (χ1n) is 4.37. The van der Waals surface area contributed by atoms with E-state index in [4.69, 9.17) is 0 Å². The van der Waals surface area contributed by atoms with Gasteiger partial charge >= 0.3 is 0 Å². The van der Waals surface area contributed by atoms with Crippen molar-refractivity contribution in [2.45, 2.75) is 26.3 Å². The molecule has 0 unspecified atom stereocenters. The number of hydrogen-bond acceptors (Lipinski definition) is 3. The number of rotatable bonds is 1. The highest BCUT2D eigenvalue weighted by atomic mass is 19.1. The average molecular weight is 213 g/mol. The molecule has 0 radical (unpaired) electrons. The standard InChI is InChI=1S/C9H12FN3O2/c1-9(2,3)13-8(15)6-5(10)7(14)12-4-11-6/h4H,1-3H3,(H,13,15)(H,11,12,14). The molecule has 0 bridgehead atoms. The number of carbonyl (C=O) groups excluding carboxylic acids is 1. The fourth-order valence-electron chi connectivity index (χ4n) is 0.941. The minimum absolute atomic E-state index is 0.492. The Labute approximate surface area is 85.7 Å². The molecule has 15 heavy (non-hydrogen) atoms. The molecule has 1 heterocycles. The fourth-order valence-corrected chi connectivity index (χ4v) is 0.941. The van der Waals surface area contributed by atoms with Gasteiger partial charge in [-0.3, -0.25) is 9.59 Å². The molecule has 0 atom stereocenters. The summed E-state index contributed by atoms with van der Waals surface area (Å²) in [5.74, 6) is -1.87. The first-order chi connectivity index (χ1) is 6.81. The van der Waals surface area contributed by atoms with E-state index in [0.717, 1.165) is 6.33 Å². The van der Waals surface area contributed by atoms with Crippen molar-refractivity contribution >= 4 is 5.91 Å². The van der Waals surface area contributed by atoms with E-state index in [1.807, 2.05) is 4.98 Å². The van der Waals surface area contributed by atoms with Gasteiger partial charge in [0.15, 0.2) is 5.69 Å². The number of H-pyrrole nitrogens is 1. The lowest BCUT2D eigenvalue weighted by molar-refractivity contribution is 0.0909. The van der Waals surface area contributed by atoms with Crippen molar-refractivity contribution in [3.05, 3.63) is 28.2 Å². The van der Waals surface area contributed by atoms with Gasteiger partial charge in [-0.25, -0.2) is 4.98 Å². The fraction of sp³-hybridized carbons (Fsp3) is 0.444. The van der Waals surface area contributed by atoms with Gasteiger partial charge in [0.1, 0.15) is 0 Å². The van der Waals surface area contributed by atoms with Crippen LogP contribution in [0.15, 0.2) is 11.1 Å². The minimum Gasteiger partial charge on any atom is -0.346 e. The molecule has 0 aliphatic carbocycles. The SMILES string of the molecule is CC(C)(C)NC(=O)c1nc[nH]c(=O)c1F. The van der Waals surface area contributed by atoms with Crippen molar-refractivity contribution in [1.29, 1.82) is 0 Å². The lowest BCUT2D eigenvalue weighted by Gasteiger charge is -2.19. The molecule has 6 heteroatoms. The van der Waals surface area contributed by atoms with E-state index in [2.05, 4.69) is 10.3 Å². The van der Waals surface area contributed by atoms with Crippen molar-refractivity contribution in [2.24, 2.45) is 0 Å². The van der Waals surface area contributed by atoms with Crippen molar-refractivity contribution < 1.29 is 9.18 Å². The van der Waals surface area contributed by atoms with Gasteiger partial charge in [0, 0.05) is 5.54 Å². The molecule has 0 aliphatic rings. The number of nitrogens with one attached hydrogen (secondary N) is 2. The van der Waals surface area contributed by atoms with Gasteiger partial charge in [0.2, 0.25) is 5.82 Å². The Morgan fingerprint density at radius 1 is 1.53 bits per heavy atom. The maximum absolute atomic E-state index is 13.2. The van der Waals surface area contributed by atoms with Crippen LogP contribution >= 0.6 is 0 Å². The van der Waals surface area contributed by atoms with E-state index in [9.17, 15) is 14.0 Å². The highest BCUT2D eigenvalue weighted by Gasteiger charge is 2.20. The Balaban J connectivity index is 3.03. The van der Waals surface area contributed by atoms with Crippen molar-refractivity contribution in [3.8, 4) is 0 Å². The summed E-state index contributed by atoms with van der Waals surface area (Å²) in [4.78, 5) is 27.8. The summed E-state index contributed by atoms with van der Waals surface area (Å²) >= 11 is 0. The first kappa shape index (κ1) is 11.4. The molecular formula is C9H12FN3O2. The third-order valence-corrected chi connectivity index (χ3v) is 1.50. The number of amides is 1. The van der Waals surface area contributed by atoms with Crippen LogP contribution in [-0.2, 0) is 0 Å². The smallest absolute Gasteiger partial charge is 0.287 e. The number of carbonyl (C=O) groups is 1. The molecule has 0 spiro atoms. The number of aromatic nitrogens is 2. The molecule has 0 saturated carbocycles. The molecule has 0 aromatic carbocycles. The van der Waals surface area contributed by atoms with Crippen LogP contribution in [0.2, 0.25) is 0 Å².